The summed E-state index contributed by atoms with van der Waals surface area (Å²) in [6.07, 6.45) is 5.88. The van der Waals surface area contributed by atoms with Crippen LogP contribution in [0.15, 0.2) is 49.2 Å². The number of anilines is 1. The van der Waals surface area contributed by atoms with Gasteiger partial charge in [0.1, 0.15) is 5.82 Å². The molecule has 0 unspecified atom stereocenters. The molecular formula is C21H28N2. The summed E-state index contributed by atoms with van der Waals surface area (Å²) in [5.74, 6) is 1.11. The quantitative estimate of drug-likeness (QED) is 0.737. The number of aromatic nitrogens is 1. The Morgan fingerprint density at radius 1 is 1.00 bits per heavy atom. The summed E-state index contributed by atoms with van der Waals surface area (Å²) in [5.41, 5.74) is 4.89. The molecule has 2 nitrogen and oxygen atoms in total. The number of rotatable bonds is 2. The molecule has 1 fully saturated rings. The number of pyridine rings is 1. The Morgan fingerprint density at radius 2 is 1.65 bits per heavy atom. The zero-order chi connectivity index (χ0) is 16.7. The third-order valence-corrected chi connectivity index (χ3v) is 4.09. The number of nitrogens with zero attached hydrogens (tertiary/aromatic N) is 2. The van der Waals surface area contributed by atoms with Gasteiger partial charge in [-0.3, -0.25) is 0 Å². The molecule has 0 atom stereocenters. The van der Waals surface area contributed by atoms with E-state index in [1.807, 2.05) is 13.1 Å². The molecule has 1 saturated heterocycles. The van der Waals surface area contributed by atoms with E-state index in [0.29, 0.717) is 0 Å². The molecule has 0 radical (unpaired) electrons. The second-order valence-corrected chi connectivity index (χ2v) is 6.39. The van der Waals surface area contributed by atoms with Crippen molar-refractivity contribution in [2.24, 2.45) is 0 Å². The molecule has 2 aromatic rings. The van der Waals surface area contributed by atoms with Crippen LogP contribution in [0.25, 0.3) is 5.57 Å². The lowest BCUT2D eigenvalue weighted by molar-refractivity contribution is 0.573. The van der Waals surface area contributed by atoms with E-state index < -0.39 is 0 Å². The largest absolute Gasteiger partial charge is 0.357 e. The lowest BCUT2D eigenvalue weighted by Crippen LogP contribution is -2.30. The summed E-state index contributed by atoms with van der Waals surface area (Å²) in [4.78, 5) is 6.86. The van der Waals surface area contributed by atoms with E-state index in [1.54, 1.807) is 0 Å². The van der Waals surface area contributed by atoms with Gasteiger partial charge in [-0.25, -0.2) is 4.98 Å². The van der Waals surface area contributed by atoms with Crippen molar-refractivity contribution < 1.29 is 0 Å². The Bertz CT molecular complexity index is 605. The van der Waals surface area contributed by atoms with Crippen LogP contribution in [-0.4, -0.2) is 18.1 Å². The minimum Gasteiger partial charge on any atom is -0.357 e. The molecule has 1 aromatic carbocycles. The number of aryl methyl sites for hydroxylation is 2. The van der Waals surface area contributed by atoms with E-state index in [-0.39, 0.29) is 0 Å². The maximum absolute atomic E-state index is 4.49. The molecule has 122 valence electrons. The minimum absolute atomic E-state index is 1.08. The predicted octanol–water partition coefficient (Wildman–Crippen LogP) is 5.41. The van der Waals surface area contributed by atoms with E-state index in [1.165, 1.54) is 30.4 Å². The molecule has 2 heteroatoms. The van der Waals surface area contributed by atoms with Crippen LogP contribution in [0.2, 0.25) is 0 Å². The molecule has 0 spiro atoms. The molecule has 0 amide bonds. The molecule has 3 rings (SSSR count). The van der Waals surface area contributed by atoms with Crippen LogP contribution in [0, 0.1) is 13.8 Å². The number of hydrogen-bond acceptors (Lipinski definition) is 2. The van der Waals surface area contributed by atoms with Crippen molar-refractivity contribution in [1.29, 1.82) is 0 Å². The van der Waals surface area contributed by atoms with Gasteiger partial charge in [0.2, 0.25) is 0 Å². The first kappa shape index (κ1) is 17.3. The second kappa shape index (κ2) is 8.52. The van der Waals surface area contributed by atoms with Crippen molar-refractivity contribution in [3.8, 4) is 0 Å². The van der Waals surface area contributed by atoms with Gasteiger partial charge in [0.15, 0.2) is 0 Å². The average molecular weight is 308 g/mol. The number of piperidine rings is 1. The SMILES string of the molecule is C=C(C)c1ccc(N2CCCCC2)nc1.Cc1cccc(C)c1. The zero-order valence-electron chi connectivity index (χ0n) is 14.7. The monoisotopic (exact) mass is 308 g/mol. The molecule has 2 heterocycles. The van der Waals surface area contributed by atoms with Crippen LogP contribution in [0.4, 0.5) is 5.82 Å². The number of benzene rings is 1. The fourth-order valence-electron chi connectivity index (χ4n) is 2.76. The lowest BCUT2D eigenvalue weighted by Gasteiger charge is -2.27. The Balaban J connectivity index is 0.000000203. The Kier molecular flexibility index (Phi) is 6.40. The standard InChI is InChI=1S/C13H18N2.C8H10/c1-11(2)12-6-7-13(14-10-12)15-8-4-3-5-9-15;1-7-4-3-5-8(2)6-7/h6-7,10H,1,3-5,8-9H2,2H3;3-6H,1-2H3. The summed E-state index contributed by atoms with van der Waals surface area (Å²) in [6, 6.07) is 12.7. The Labute approximate surface area is 140 Å². The van der Waals surface area contributed by atoms with E-state index in [0.717, 1.165) is 30.0 Å². The first-order valence-corrected chi connectivity index (χ1v) is 8.46. The Morgan fingerprint density at radius 3 is 2.09 bits per heavy atom. The minimum atomic E-state index is 1.08. The molecule has 0 aliphatic carbocycles. The highest BCUT2D eigenvalue weighted by molar-refractivity contribution is 5.61. The van der Waals surface area contributed by atoms with Gasteiger partial charge in [0.25, 0.3) is 0 Å². The predicted molar refractivity (Wildman–Crippen MR) is 101 cm³/mol. The number of hydrogen-bond donors (Lipinski definition) is 0. The highest BCUT2D eigenvalue weighted by atomic mass is 15.2. The van der Waals surface area contributed by atoms with E-state index in [4.69, 9.17) is 0 Å². The molecular weight excluding hydrogens is 280 g/mol. The molecule has 1 aliphatic heterocycles. The normalized spacial score (nSPS) is 14.0. The van der Waals surface area contributed by atoms with Crippen molar-refractivity contribution in [2.45, 2.75) is 40.0 Å². The molecule has 0 N–H and O–H groups in total. The zero-order valence-corrected chi connectivity index (χ0v) is 14.7. The maximum atomic E-state index is 4.49. The van der Waals surface area contributed by atoms with Crippen LogP contribution in [0.3, 0.4) is 0 Å². The van der Waals surface area contributed by atoms with Crippen LogP contribution in [0.5, 0.6) is 0 Å². The van der Waals surface area contributed by atoms with E-state index in [9.17, 15) is 0 Å². The van der Waals surface area contributed by atoms with Crippen molar-refractivity contribution in [3.05, 3.63) is 65.9 Å². The molecule has 1 aromatic heterocycles. The second-order valence-electron chi connectivity index (χ2n) is 6.39. The van der Waals surface area contributed by atoms with Crippen LogP contribution in [-0.2, 0) is 0 Å². The van der Waals surface area contributed by atoms with Gasteiger partial charge in [-0.15, -0.1) is 0 Å². The Hall–Kier alpha value is -2.09. The summed E-state index contributed by atoms with van der Waals surface area (Å²) in [6.45, 7) is 12.4. The van der Waals surface area contributed by atoms with Crippen LogP contribution >= 0.6 is 0 Å². The van der Waals surface area contributed by atoms with Crippen LogP contribution in [0.1, 0.15) is 42.9 Å². The van der Waals surface area contributed by atoms with E-state index in [2.05, 4.69) is 66.7 Å². The van der Waals surface area contributed by atoms with Crippen molar-refractivity contribution >= 4 is 11.4 Å². The van der Waals surface area contributed by atoms with Crippen molar-refractivity contribution in [3.63, 3.8) is 0 Å². The van der Waals surface area contributed by atoms with Gasteiger partial charge in [-0.05, 0) is 63.3 Å². The maximum Gasteiger partial charge on any atom is 0.128 e. The van der Waals surface area contributed by atoms with E-state index >= 15 is 0 Å². The van der Waals surface area contributed by atoms with Crippen molar-refractivity contribution in [2.75, 3.05) is 18.0 Å². The fraction of sp³-hybridized carbons (Fsp3) is 0.381. The third-order valence-electron chi connectivity index (χ3n) is 4.09. The topological polar surface area (TPSA) is 16.1 Å². The fourth-order valence-corrected chi connectivity index (χ4v) is 2.76. The van der Waals surface area contributed by atoms with Crippen molar-refractivity contribution in [1.82, 2.24) is 4.98 Å². The van der Waals surface area contributed by atoms with Gasteiger partial charge in [0.05, 0.1) is 0 Å². The molecule has 1 aliphatic rings. The highest BCUT2D eigenvalue weighted by Crippen LogP contribution is 2.19. The first-order valence-electron chi connectivity index (χ1n) is 8.46. The summed E-state index contributed by atoms with van der Waals surface area (Å²) < 4.78 is 0. The van der Waals surface area contributed by atoms with Gasteiger partial charge in [-0.1, -0.05) is 42.0 Å². The first-order chi connectivity index (χ1) is 11.1. The van der Waals surface area contributed by atoms with Gasteiger partial charge < -0.3 is 4.90 Å². The molecule has 0 bridgehead atoms. The van der Waals surface area contributed by atoms with Crippen LogP contribution < -0.4 is 4.90 Å². The highest BCUT2D eigenvalue weighted by Gasteiger charge is 2.11. The third kappa shape index (κ3) is 5.55. The van der Waals surface area contributed by atoms with Gasteiger partial charge in [0, 0.05) is 19.3 Å². The van der Waals surface area contributed by atoms with Gasteiger partial charge in [-0.2, -0.15) is 0 Å². The van der Waals surface area contributed by atoms with Gasteiger partial charge >= 0.3 is 0 Å². The molecule has 23 heavy (non-hydrogen) atoms. The average Bonchev–Trinajstić information content (AvgIpc) is 2.56. The smallest absolute Gasteiger partial charge is 0.128 e. The summed E-state index contributed by atoms with van der Waals surface area (Å²) in [5, 5.41) is 0. The number of allylic oxidation sites excluding steroid dienone is 1. The molecule has 0 saturated carbocycles. The summed E-state index contributed by atoms with van der Waals surface area (Å²) in [7, 11) is 0. The summed E-state index contributed by atoms with van der Waals surface area (Å²) >= 11 is 0. The lowest BCUT2D eigenvalue weighted by atomic mass is 10.1.